The minimum atomic E-state index is -4.46. The Morgan fingerprint density at radius 3 is 2.49 bits per heavy atom. The molecule has 37 heavy (non-hydrogen) atoms. The quantitative estimate of drug-likeness (QED) is 0.563. The molecule has 0 atom stereocenters. The van der Waals surface area contributed by atoms with Gasteiger partial charge in [0.15, 0.2) is 0 Å². The molecule has 1 aromatic heterocycles. The van der Waals surface area contributed by atoms with Crippen molar-refractivity contribution in [1.82, 2.24) is 25.4 Å². The summed E-state index contributed by atoms with van der Waals surface area (Å²) < 4.78 is 44.4. The van der Waals surface area contributed by atoms with Gasteiger partial charge in [-0.3, -0.25) is 14.5 Å². The first-order chi connectivity index (χ1) is 17.8. The highest BCUT2D eigenvalue weighted by Crippen LogP contribution is 2.32. The van der Waals surface area contributed by atoms with E-state index in [9.17, 15) is 22.8 Å². The van der Waals surface area contributed by atoms with Crippen molar-refractivity contribution in [2.45, 2.75) is 25.6 Å². The molecule has 0 bridgehead atoms. The van der Waals surface area contributed by atoms with Gasteiger partial charge < -0.3 is 9.42 Å². The number of piperazine rings is 1. The number of rotatable bonds is 5. The topological polar surface area (TPSA) is 104 Å². The lowest BCUT2D eigenvalue weighted by Gasteiger charge is -2.35. The number of carbonyl (C=O) groups is 2. The van der Waals surface area contributed by atoms with Crippen LogP contribution in [0, 0.1) is 0 Å². The summed E-state index contributed by atoms with van der Waals surface area (Å²) in [4.78, 5) is 32.2. The first kappa shape index (κ1) is 24.6. The van der Waals surface area contributed by atoms with Crippen molar-refractivity contribution in [2.24, 2.45) is 5.10 Å². The zero-order valence-electron chi connectivity index (χ0n) is 19.7. The molecule has 192 valence electrons. The summed E-state index contributed by atoms with van der Waals surface area (Å²) in [5, 5.41) is 7.85. The molecular formula is C25H23F3N6O3. The van der Waals surface area contributed by atoms with Gasteiger partial charge in [0, 0.05) is 56.7 Å². The number of hydrogen-bond donors (Lipinski definition) is 1. The maximum Gasteiger partial charge on any atom is 0.416 e. The fraction of sp³-hybridized carbons (Fsp3) is 0.320. The average molecular weight is 512 g/mol. The Bertz CT molecular complexity index is 1350. The lowest BCUT2D eigenvalue weighted by atomic mass is 10.1. The fourth-order valence-electron chi connectivity index (χ4n) is 4.27. The average Bonchev–Trinajstić information content (AvgIpc) is 3.40. The van der Waals surface area contributed by atoms with Crippen molar-refractivity contribution >= 4 is 17.5 Å². The second-order valence-electron chi connectivity index (χ2n) is 8.86. The number of hydrazone groups is 1. The van der Waals surface area contributed by atoms with Crippen molar-refractivity contribution in [1.29, 1.82) is 0 Å². The third-order valence-electron chi connectivity index (χ3n) is 6.27. The number of nitrogens with one attached hydrogen (secondary N) is 1. The van der Waals surface area contributed by atoms with Crippen LogP contribution < -0.4 is 5.43 Å². The van der Waals surface area contributed by atoms with E-state index in [1.165, 1.54) is 12.1 Å². The zero-order chi connectivity index (χ0) is 26.0. The van der Waals surface area contributed by atoms with Gasteiger partial charge in [0.25, 0.3) is 11.8 Å². The molecule has 2 amide bonds. The molecule has 9 nitrogen and oxygen atoms in total. The largest absolute Gasteiger partial charge is 0.416 e. The van der Waals surface area contributed by atoms with E-state index in [0.29, 0.717) is 50.4 Å². The molecule has 0 radical (unpaired) electrons. The molecule has 2 aliphatic rings. The number of nitrogens with zero attached hydrogens (tertiary/aromatic N) is 5. The van der Waals surface area contributed by atoms with Crippen molar-refractivity contribution in [3.8, 4) is 22.8 Å². The molecule has 3 aromatic rings. The van der Waals surface area contributed by atoms with Gasteiger partial charge in [-0.25, -0.2) is 5.43 Å². The molecule has 2 aromatic carbocycles. The van der Waals surface area contributed by atoms with Crippen LogP contribution in [-0.2, 0) is 22.3 Å². The normalized spacial score (nSPS) is 16.9. The molecule has 3 heterocycles. The van der Waals surface area contributed by atoms with Gasteiger partial charge in [0.05, 0.1) is 5.56 Å². The van der Waals surface area contributed by atoms with Crippen molar-refractivity contribution < 1.29 is 27.3 Å². The Hall–Kier alpha value is -4.06. The number of hydrogen-bond acceptors (Lipinski definition) is 7. The summed E-state index contributed by atoms with van der Waals surface area (Å²) in [6, 6.07) is 12.3. The number of alkyl halides is 3. The van der Waals surface area contributed by atoms with Crippen LogP contribution in [0.2, 0.25) is 0 Å². The number of benzene rings is 2. The van der Waals surface area contributed by atoms with E-state index in [2.05, 4.69) is 25.6 Å². The fourth-order valence-corrected chi connectivity index (χ4v) is 4.27. The predicted octanol–water partition coefficient (Wildman–Crippen LogP) is 3.33. The van der Waals surface area contributed by atoms with Crippen molar-refractivity contribution in [3.63, 3.8) is 0 Å². The van der Waals surface area contributed by atoms with Gasteiger partial charge in [-0.05, 0) is 29.8 Å². The monoisotopic (exact) mass is 512 g/mol. The molecule has 12 heteroatoms. The van der Waals surface area contributed by atoms with Gasteiger partial charge in [0.2, 0.25) is 11.7 Å². The van der Waals surface area contributed by atoms with Crippen LogP contribution in [0.15, 0.2) is 58.2 Å². The maximum absolute atomic E-state index is 13.0. The van der Waals surface area contributed by atoms with Crippen LogP contribution in [0.1, 0.15) is 24.0 Å². The molecule has 1 fully saturated rings. The molecule has 0 unspecified atom stereocenters. The number of carbonyl (C=O) groups excluding carboxylic acids is 2. The first-order valence-electron chi connectivity index (χ1n) is 11.7. The van der Waals surface area contributed by atoms with Crippen LogP contribution in [-0.4, -0.2) is 63.6 Å². The van der Waals surface area contributed by atoms with Gasteiger partial charge in [-0.2, -0.15) is 23.3 Å². The lowest BCUT2D eigenvalue weighted by molar-refractivity contribution is -0.137. The first-order valence-corrected chi connectivity index (χ1v) is 11.7. The van der Waals surface area contributed by atoms with Crippen molar-refractivity contribution in [2.75, 3.05) is 26.2 Å². The molecule has 0 aliphatic carbocycles. The Morgan fingerprint density at radius 1 is 1.00 bits per heavy atom. The molecule has 0 saturated carbocycles. The summed E-state index contributed by atoms with van der Waals surface area (Å²) in [5.74, 6) is -0.0360. The second kappa shape index (κ2) is 10.1. The number of halogens is 3. The van der Waals surface area contributed by atoms with Crippen LogP contribution in [0.25, 0.3) is 22.8 Å². The van der Waals surface area contributed by atoms with E-state index >= 15 is 0 Å². The Kier molecular flexibility index (Phi) is 6.74. The van der Waals surface area contributed by atoms with Gasteiger partial charge >= 0.3 is 6.18 Å². The zero-order valence-corrected chi connectivity index (χ0v) is 19.7. The molecule has 1 saturated heterocycles. The van der Waals surface area contributed by atoms with Crippen LogP contribution in [0.5, 0.6) is 0 Å². The van der Waals surface area contributed by atoms with E-state index in [1.807, 2.05) is 24.3 Å². The highest BCUT2D eigenvalue weighted by Gasteiger charge is 2.31. The minimum Gasteiger partial charge on any atom is -0.335 e. The van der Waals surface area contributed by atoms with Crippen molar-refractivity contribution in [3.05, 3.63) is 59.7 Å². The molecule has 2 aliphatic heterocycles. The summed E-state index contributed by atoms with van der Waals surface area (Å²) in [6.45, 7) is 3.10. The minimum absolute atomic E-state index is 0.00873. The van der Waals surface area contributed by atoms with E-state index in [-0.39, 0.29) is 35.5 Å². The van der Waals surface area contributed by atoms with E-state index in [4.69, 9.17) is 4.52 Å². The molecular weight excluding hydrogens is 489 g/mol. The second-order valence-corrected chi connectivity index (χ2v) is 8.86. The smallest absolute Gasteiger partial charge is 0.335 e. The SMILES string of the molecule is O=C1CCC(C(=O)N2CCN(Cc3cccc(-c4noc(-c5cccc(C(F)(F)F)c5)n4)c3)CC2)=NN1. The standard InChI is InChI=1S/C25H23F3N6O3/c26-25(27,28)19-6-2-5-18(14-19)23-29-22(32-37-23)17-4-1-3-16(13-17)15-33-9-11-34(12-10-33)24(36)20-7-8-21(35)31-30-20/h1-6,13-14H,7-12,15H2,(H,31,35). The molecule has 1 N–H and O–H groups in total. The summed E-state index contributed by atoms with van der Waals surface area (Å²) in [5.41, 5.74) is 3.84. The third-order valence-corrected chi connectivity index (χ3v) is 6.27. The maximum atomic E-state index is 13.0. The van der Waals surface area contributed by atoms with Gasteiger partial charge in [-0.1, -0.05) is 29.4 Å². The van der Waals surface area contributed by atoms with E-state index in [0.717, 1.165) is 17.7 Å². The van der Waals surface area contributed by atoms with Crippen LogP contribution in [0.3, 0.4) is 0 Å². The van der Waals surface area contributed by atoms with Crippen LogP contribution in [0.4, 0.5) is 13.2 Å². The third kappa shape index (κ3) is 5.69. The number of amides is 2. The molecule has 0 spiro atoms. The summed E-state index contributed by atoms with van der Waals surface area (Å²) in [6.07, 6.45) is -3.85. The van der Waals surface area contributed by atoms with Gasteiger partial charge in [-0.15, -0.1) is 0 Å². The Labute approximate surface area is 209 Å². The van der Waals surface area contributed by atoms with Gasteiger partial charge in [0.1, 0.15) is 5.71 Å². The van der Waals surface area contributed by atoms with E-state index < -0.39 is 11.7 Å². The predicted molar refractivity (Wildman–Crippen MR) is 127 cm³/mol. The Balaban J connectivity index is 1.21. The van der Waals surface area contributed by atoms with Crippen LogP contribution >= 0.6 is 0 Å². The highest BCUT2D eigenvalue weighted by molar-refractivity contribution is 6.39. The summed E-state index contributed by atoms with van der Waals surface area (Å²) in [7, 11) is 0. The highest BCUT2D eigenvalue weighted by atomic mass is 19.4. The Morgan fingerprint density at radius 2 is 1.76 bits per heavy atom. The lowest BCUT2D eigenvalue weighted by Crippen LogP contribution is -2.51. The number of aromatic nitrogens is 2. The summed E-state index contributed by atoms with van der Waals surface area (Å²) >= 11 is 0. The van der Waals surface area contributed by atoms with E-state index in [1.54, 1.807) is 4.90 Å². The molecule has 5 rings (SSSR count).